The maximum absolute atomic E-state index is 13.1. The average Bonchev–Trinajstić information content (AvgIpc) is 3.12. The number of anilines is 2. The van der Waals surface area contributed by atoms with Crippen LogP contribution in [0, 0.1) is 12.7 Å². The molecule has 0 bridgehead atoms. The van der Waals surface area contributed by atoms with E-state index in [2.05, 4.69) is 15.5 Å². The third kappa shape index (κ3) is 6.27. The van der Waals surface area contributed by atoms with Crippen LogP contribution in [0.15, 0.2) is 48.5 Å². The first-order valence-electron chi connectivity index (χ1n) is 11.7. The molecule has 2 fully saturated rings. The predicted octanol–water partition coefficient (Wildman–Crippen LogP) is 1.48. The highest BCUT2D eigenvalue weighted by atomic mass is 19.1. The van der Waals surface area contributed by atoms with Gasteiger partial charge < -0.3 is 35.4 Å². The van der Waals surface area contributed by atoms with Crippen LogP contribution in [0.5, 0.6) is 0 Å². The fraction of sp³-hybridized carbons (Fsp3) is 0.440. The largest absolute Gasteiger partial charge is 0.388 e. The SMILES string of the molecule is Cc1ccc(NC(=O)NCC2OC(CC(=O)N3CCN(c4ccc(F)cc4)CC3)C(O)C2O)cc1. The van der Waals surface area contributed by atoms with E-state index in [0.717, 1.165) is 11.3 Å². The van der Waals surface area contributed by atoms with E-state index in [1.165, 1.54) is 12.1 Å². The minimum atomic E-state index is -1.23. The zero-order chi connectivity index (χ0) is 24.9. The number of rotatable bonds is 6. The second-order valence-corrected chi connectivity index (χ2v) is 8.94. The van der Waals surface area contributed by atoms with Crippen LogP contribution in [0.4, 0.5) is 20.6 Å². The topological polar surface area (TPSA) is 114 Å². The van der Waals surface area contributed by atoms with Gasteiger partial charge in [0.15, 0.2) is 0 Å². The fourth-order valence-electron chi connectivity index (χ4n) is 4.34. The molecule has 2 saturated heterocycles. The highest BCUT2D eigenvalue weighted by molar-refractivity contribution is 5.89. The Morgan fingerprint density at radius 2 is 1.60 bits per heavy atom. The smallest absolute Gasteiger partial charge is 0.319 e. The number of nitrogens with one attached hydrogen (secondary N) is 2. The Morgan fingerprint density at radius 3 is 2.26 bits per heavy atom. The minimum absolute atomic E-state index is 0.0169. The number of halogens is 1. The molecule has 0 radical (unpaired) electrons. The molecule has 35 heavy (non-hydrogen) atoms. The molecule has 0 aromatic heterocycles. The van der Waals surface area contributed by atoms with Crippen LogP contribution >= 0.6 is 0 Å². The molecule has 2 heterocycles. The second kappa shape index (κ2) is 11.0. The molecule has 0 saturated carbocycles. The van der Waals surface area contributed by atoms with E-state index in [-0.39, 0.29) is 24.7 Å². The molecule has 2 aliphatic rings. The molecule has 4 atom stereocenters. The number of urea groups is 1. The van der Waals surface area contributed by atoms with Crippen molar-refractivity contribution in [3.63, 3.8) is 0 Å². The highest BCUT2D eigenvalue weighted by Crippen LogP contribution is 2.25. The number of hydrogen-bond acceptors (Lipinski definition) is 6. The number of ether oxygens (including phenoxy) is 1. The highest BCUT2D eigenvalue weighted by Gasteiger charge is 2.44. The number of aliphatic hydroxyl groups excluding tert-OH is 2. The van der Waals surface area contributed by atoms with E-state index in [0.29, 0.717) is 31.9 Å². The van der Waals surface area contributed by atoms with Crippen molar-refractivity contribution in [3.05, 3.63) is 59.9 Å². The summed E-state index contributed by atoms with van der Waals surface area (Å²) in [5.74, 6) is -0.467. The van der Waals surface area contributed by atoms with Gasteiger partial charge in [0.25, 0.3) is 0 Å². The molecule has 3 amide bonds. The van der Waals surface area contributed by atoms with Crippen LogP contribution in [-0.2, 0) is 9.53 Å². The zero-order valence-corrected chi connectivity index (χ0v) is 19.6. The summed E-state index contributed by atoms with van der Waals surface area (Å²) in [4.78, 5) is 28.7. The lowest BCUT2D eigenvalue weighted by molar-refractivity contribution is -0.135. The fourth-order valence-corrected chi connectivity index (χ4v) is 4.34. The number of carbonyl (C=O) groups is 2. The van der Waals surface area contributed by atoms with Crippen LogP contribution in [0.25, 0.3) is 0 Å². The molecule has 9 nitrogen and oxygen atoms in total. The van der Waals surface area contributed by atoms with Crippen molar-refractivity contribution in [2.24, 2.45) is 0 Å². The first-order chi connectivity index (χ1) is 16.8. The molecular formula is C25H31FN4O5. The van der Waals surface area contributed by atoms with Crippen molar-refractivity contribution in [1.82, 2.24) is 10.2 Å². The van der Waals surface area contributed by atoms with Crippen molar-refractivity contribution in [2.45, 2.75) is 37.8 Å². The number of carbonyl (C=O) groups excluding carboxylic acids is 2. The standard InChI is InChI=1S/C25H31FN4O5/c1-16-2-6-18(7-3-16)28-25(34)27-15-21-24(33)23(32)20(35-21)14-22(31)30-12-10-29(11-13-30)19-8-4-17(26)5-9-19/h2-9,20-21,23-24,32-33H,10-15H2,1H3,(H2,27,28,34). The number of hydrogen-bond donors (Lipinski definition) is 4. The summed E-state index contributed by atoms with van der Waals surface area (Å²) in [7, 11) is 0. The van der Waals surface area contributed by atoms with E-state index >= 15 is 0 Å². The van der Waals surface area contributed by atoms with Crippen molar-refractivity contribution < 1.29 is 28.9 Å². The van der Waals surface area contributed by atoms with Gasteiger partial charge in [0, 0.05) is 44.1 Å². The summed E-state index contributed by atoms with van der Waals surface area (Å²) < 4.78 is 18.9. The Balaban J connectivity index is 1.22. The van der Waals surface area contributed by atoms with Gasteiger partial charge >= 0.3 is 6.03 Å². The third-order valence-corrected chi connectivity index (χ3v) is 6.43. The van der Waals surface area contributed by atoms with Gasteiger partial charge in [-0.3, -0.25) is 4.79 Å². The maximum Gasteiger partial charge on any atom is 0.319 e. The predicted molar refractivity (Wildman–Crippen MR) is 129 cm³/mol. The lowest BCUT2D eigenvalue weighted by Crippen LogP contribution is -2.49. The number of nitrogens with zero attached hydrogens (tertiary/aromatic N) is 2. The maximum atomic E-state index is 13.1. The average molecular weight is 487 g/mol. The van der Waals surface area contributed by atoms with Gasteiger partial charge in [0.1, 0.15) is 24.1 Å². The van der Waals surface area contributed by atoms with Crippen molar-refractivity contribution >= 4 is 23.3 Å². The van der Waals surface area contributed by atoms with E-state index in [1.54, 1.807) is 29.2 Å². The number of benzene rings is 2. The Bertz CT molecular complexity index is 1010. The number of piperazine rings is 1. The Labute approximate surface area is 203 Å². The van der Waals surface area contributed by atoms with Crippen LogP contribution in [0.2, 0.25) is 0 Å². The first kappa shape index (κ1) is 24.9. The minimum Gasteiger partial charge on any atom is -0.388 e. The monoisotopic (exact) mass is 486 g/mol. The summed E-state index contributed by atoms with van der Waals surface area (Å²) in [6.45, 7) is 4.13. The van der Waals surface area contributed by atoms with E-state index in [4.69, 9.17) is 4.74 Å². The van der Waals surface area contributed by atoms with Gasteiger partial charge in [-0.2, -0.15) is 0 Å². The van der Waals surface area contributed by atoms with Crippen LogP contribution in [0.1, 0.15) is 12.0 Å². The molecular weight excluding hydrogens is 455 g/mol. The molecule has 10 heteroatoms. The third-order valence-electron chi connectivity index (χ3n) is 6.43. The number of aliphatic hydroxyl groups is 2. The normalized spacial score (nSPS) is 24.3. The quantitative estimate of drug-likeness (QED) is 0.492. The Hall–Kier alpha value is -3.21. The van der Waals surface area contributed by atoms with Gasteiger partial charge in [-0.25, -0.2) is 9.18 Å². The molecule has 4 unspecified atom stereocenters. The zero-order valence-electron chi connectivity index (χ0n) is 19.6. The van der Waals surface area contributed by atoms with E-state index < -0.39 is 30.4 Å². The van der Waals surface area contributed by atoms with Crippen LogP contribution < -0.4 is 15.5 Å². The van der Waals surface area contributed by atoms with Crippen LogP contribution in [-0.4, -0.2) is 84.2 Å². The van der Waals surface area contributed by atoms with Gasteiger partial charge in [-0.05, 0) is 43.3 Å². The number of aryl methyl sites for hydroxylation is 1. The summed E-state index contributed by atoms with van der Waals surface area (Å²) >= 11 is 0. The van der Waals surface area contributed by atoms with Gasteiger partial charge in [0.2, 0.25) is 5.91 Å². The summed E-state index contributed by atoms with van der Waals surface area (Å²) in [6, 6.07) is 13.1. The van der Waals surface area contributed by atoms with Gasteiger partial charge in [-0.1, -0.05) is 17.7 Å². The molecule has 4 N–H and O–H groups in total. The van der Waals surface area contributed by atoms with E-state index in [9.17, 15) is 24.2 Å². The lowest BCUT2D eigenvalue weighted by atomic mass is 10.0. The summed E-state index contributed by atoms with van der Waals surface area (Å²) in [6.07, 6.45) is -4.21. The molecule has 188 valence electrons. The Morgan fingerprint density at radius 1 is 0.971 bits per heavy atom. The molecule has 2 aromatic rings. The van der Waals surface area contributed by atoms with E-state index in [1.807, 2.05) is 19.1 Å². The van der Waals surface area contributed by atoms with Crippen LogP contribution in [0.3, 0.4) is 0 Å². The second-order valence-electron chi connectivity index (χ2n) is 8.94. The molecule has 2 aliphatic heterocycles. The number of amides is 3. The van der Waals surface area contributed by atoms with Crippen molar-refractivity contribution in [1.29, 1.82) is 0 Å². The lowest BCUT2D eigenvalue weighted by Gasteiger charge is -2.36. The molecule has 4 rings (SSSR count). The van der Waals surface area contributed by atoms with Gasteiger partial charge in [0.05, 0.1) is 12.5 Å². The molecule has 2 aromatic carbocycles. The first-order valence-corrected chi connectivity index (χ1v) is 11.7. The Kier molecular flexibility index (Phi) is 7.84. The molecule has 0 spiro atoms. The summed E-state index contributed by atoms with van der Waals surface area (Å²) in [5, 5.41) is 26.1. The molecule has 0 aliphatic carbocycles. The van der Waals surface area contributed by atoms with Crippen molar-refractivity contribution in [2.75, 3.05) is 42.9 Å². The van der Waals surface area contributed by atoms with Crippen molar-refractivity contribution in [3.8, 4) is 0 Å². The van der Waals surface area contributed by atoms with Gasteiger partial charge in [-0.15, -0.1) is 0 Å². The summed E-state index contributed by atoms with van der Waals surface area (Å²) in [5.41, 5.74) is 2.60.